The summed E-state index contributed by atoms with van der Waals surface area (Å²) >= 11 is 1.27. The van der Waals surface area contributed by atoms with Crippen molar-refractivity contribution >= 4 is 17.5 Å². The van der Waals surface area contributed by atoms with Crippen LogP contribution in [-0.4, -0.2) is 38.4 Å². The number of pyridine rings is 1. The monoisotopic (exact) mass is 434 g/mol. The van der Waals surface area contributed by atoms with Crippen molar-refractivity contribution in [2.45, 2.75) is 11.7 Å². The van der Waals surface area contributed by atoms with Crippen LogP contribution in [0.25, 0.3) is 11.4 Å². The molecular weight excluding hydrogens is 415 g/mol. The van der Waals surface area contributed by atoms with Crippen LogP contribution in [0, 0.1) is 5.82 Å². The molecule has 0 aliphatic rings. The van der Waals surface area contributed by atoms with E-state index in [1.54, 1.807) is 18.5 Å². The lowest BCUT2D eigenvalue weighted by Gasteiger charge is -2.10. The summed E-state index contributed by atoms with van der Waals surface area (Å²) in [7, 11) is 1.38. The SMILES string of the molecule is COc1ccc(C(=O)CSc2nnc(-c3cccnc3)n2Cc2ccccc2)cc1F. The summed E-state index contributed by atoms with van der Waals surface area (Å²) < 4.78 is 20.8. The van der Waals surface area contributed by atoms with Crippen molar-refractivity contribution in [2.75, 3.05) is 12.9 Å². The number of hydrogen-bond donors (Lipinski definition) is 0. The van der Waals surface area contributed by atoms with Crippen LogP contribution < -0.4 is 4.74 Å². The zero-order valence-electron chi connectivity index (χ0n) is 16.7. The Balaban J connectivity index is 1.58. The molecule has 0 saturated heterocycles. The molecule has 0 bridgehead atoms. The van der Waals surface area contributed by atoms with Crippen molar-refractivity contribution in [3.63, 3.8) is 0 Å². The minimum Gasteiger partial charge on any atom is -0.494 e. The number of methoxy groups -OCH3 is 1. The van der Waals surface area contributed by atoms with Gasteiger partial charge in [0.05, 0.1) is 19.4 Å². The molecule has 0 atom stereocenters. The number of aromatic nitrogens is 4. The number of benzene rings is 2. The predicted molar refractivity (Wildman–Crippen MR) is 117 cm³/mol. The van der Waals surface area contributed by atoms with Crippen LogP contribution in [0.2, 0.25) is 0 Å². The van der Waals surface area contributed by atoms with Gasteiger partial charge in [0.15, 0.2) is 28.3 Å². The van der Waals surface area contributed by atoms with Gasteiger partial charge in [-0.1, -0.05) is 42.1 Å². The third-order valence-electron chi connectivity index (χ3n) is 4.63. The van der Waals surface area contributed by atoms with E-state index >= 15 is 0 Å². The van der Waals surface area contributed by atoms with Crippen LogP contribution >= 0.6 is 11.8 Å². The molecule has 0 aliphatic carbocycles. The van der Waals surface area contributed by atoms with E-state index in [4.69, 9.17) is 4.74 Å². The van der Waals surface area contributed by atoms with Crippen molar-refractivity contribution in [1.82, 2.24) is 19.7 Å². The van der Waals surface area contributed by atoms with Crippen molar-refractivity contribution < 1.29 is 13.9 Å². The minimum atomic E-state index is -0.565. The van der Waals surface area contributed by atoms with Gasteiger partial charge in [-0.2, -0.15) is 0 Å². The molecule has 31 heavy (non-hydrogen) atoms. The number of ketones is 1. The minimum absolute atomic E-state index is 0.103. The van der Waals surface area contributed by atoms with E-state index in [0.29, 0.717) is 17.5 Å². The van der Waals surface area contributed by atoms with Crippen LogP contribution in [0.15, 0.2) is 78.2 Å². The molecule has 6 nitrogen and oxygen atoms in total. The fraction of sp³-hybridized carbons (Fsp3) is 0.130. The van der Waals surface area contributed by atoms with Crippen molar-refractivity contribution in [2.24, 2.45) is 0 Å². The molecule has 0 spiro atoms. The van der Waals surface area contributed by atoms with Gasteiger partial charge in [-0.15, -0.1) is 10.2 Å². The van der Waals surface area contributed by atoms with Crippen LogP contribution in [-0.2, 0) is 6.54 Å². The average molecular weight is 434 g/mol. The summed E-state index contributed by atoms with van der Waals surface area (Å²) in [5.74, 6) is 0.106. The number of Topliss-reactive ketones (excluding diaryl/α,β-unsaturated/α-hetero) is 1. The summed E-state index contributed by atoms with van der Waals surface area (Å²) in [6.07, 6.45) is 3.43. The Labute approximate surface area is 183 Å². The van der Waals surface area contributed by atoms with Gasteiger partial charge in [-0.25, -0.2) is 4.39 Å². The maximum atomic E-state index is 14.0. The normalized spacial score (nSPS) is 10.8. The number of halogens is 1. The predicted octanol–water partition coefficient (Wildman–Crippen LogP) is 4.51. The second-order valence-electron chi connectivity index (χ2n) is 6.68. The molecule has 0 aliphatic heterocycles. The lowest BCUT2D eigenvalue weighted by Crippen LogP contribution is -2.07. The Morgan fingerprint density at radius 1 is 1.10 bits per heavy atom. The summed E-state index contributed by atoms with van der Waals surface area (Å²) in [5.41, 5.74) is 2.20. The van der Waals surface area contributed by atoms with E-state index in [1.165, 1.54) is 31.0 Å². The number of rotatable bonds is 8. The first-order chi connectivity index (χ1) is 15.2. The average Bonchev–Trinajstić information content (AvgIpc) is 3.21. The van der Waals surface area contributed by atoms with E-state index in [9.17, 15) is 9.18 Å². The van der Waals surface area contributed by atoms with Crippen molar-refractivity contribution in [1.29, 1.82) is 0 Å². The Hall–Kier alpha value is -3.52. The molecule has 2 heterocycles. The Kier molecular flexibility index (Phi) is 6.37. The van der Waals surface area contributed by atoms with Crippen LogP contribution in [0.3, 0.4) is 0 Å². The Morgan fingerprint density at radius 2 is 1.94 bits per heavy atom. The highest BCUT2D eigenvalue weighted by Crippen LogP contribution is 2.26. The molecule has 4 aromatic rings. The van der Waals surface area contributed by atoms with Gasteiger partial charge in [-0.05, 0) is 35.9 Å². The van der Waals surface area contributed by atoms with Crippen LogP contribution in [0.5, 0.6) is 5.75 Å². The van der Waals surface area contributed by atoms with Gasteiger partial charge < -0.3 is 4.74 Å². The van der Waals surface area contributed by atoms with Gasteiger partial charge in [0.2, 0.25) is 0 Å². The van der Waals surface area contributed by atoms with Crippen LogP contribution in [0.4, 0.5) is 4.39 Å². The molecule has 0 radical (unpaired) electrons. The first-order valence-electron chi connectivity index (χ1n) is 9.53. The first kappa shape index (κ1) is 20.7. The fourth-order valence-corrected chi connectivity index (χ4v) is 3.90. The number of carbonyl (C=O) groups excluding carboxylic acids is 1. The maximum Gasteiger partial charge on any atom is 0.192 e. The Bertz CT molecular complexity index is 1180. The summed E-state index contributed by atoms with van der Waals surface area (Å²) in [6.45, 7) is 0.547. The smallest absolute Gasteiger partial charge is 0.192 e. The van der Waals surface area contributed by atoms with Crippen molar-refractivity contribution in [3.05, 3.63) is 90.0 Å². The van der Waals surface area contributed by atoms with Gasteiger partial charge in [-0.3, -0.25) is 14.3 Å². The van der Waals surface area contributed by atoms with Gasteiger partial charge in [0.25, 0.3) is 0 Å². The molecule has 8 heteroatoms. The second kappa shape index (κ2) is 9.53. The lowest BCUT2D eigenvalue weighted by atomic mass is 10.1. The van der Waals surface area contributed by atoms with E-state index in [2.05, 4.69) is 15.2 Å². The number of carbonyl (C=O) groups is 1. The first-order valence-corrected chi connectivity index (χ1v) is 10.5. The molecule has 2 aromatic heterocycles. The molecule has 0 N–H and O–H groups in total. The highest BCUT2D eigenvalue weighted by Gasteiger charge is 2.17. The summed E-state index contributed by atoms with van der Waals surface area (Å²) in [5, 5.41) is 9.24. The third kappa shape index (κ3) is 4.80. The molecule has 2 aromatic carbocycles. The topological polar surface area (TPSA) is 69.9 Å². The zero-order valence-corrected chi connectivity index (χ0v) is 17.6. The van der Waals surface area contributed by atoms with E-state index in [1.807, 2.05) is 47.0 Å². The maximum absolute atomic E-state index is 14.0. The zero-order chi connectivity index (χ0) is 21.6. The second-order valence-corrected chi connectivity index (χ2v) is 7.62. The number of nitrogens with zero attached hydrogens (tertiary/aromatic N) is 4. The largest absolute Gasteiger partial charge is 0.494 e. The summed E-state index contributed by atoms with van der Waals surface area (Å²) in [6, 6.07) is 17.9. The molecule has 0 saturated carbocycles. The Morgan fingerprint density at radius 3 is 2.65 bits per heavy atom. The highest BCUT2D eigenvalue weighted by molar-refractivity contribution is 7.99. The molecule has 156 valence electrons. The number of thioether (sulfide) groups is 1. The standard InChI is InChI=1S/C23H19FN4O2S/c1-30-21-10-9-17(12-19(21)24)20(29)15-31-23-27-26-22(18-8-5-11-25-13-18)28(23)14-16-6-3-2-4-7-16/h2-13H,14-15H2,1H3. The van der Waals surface area contributed by atoms with E-state index in [0.717, 1.165) is 11.1 Å². The van der Waals surface area contributed by atoms with E-state index in [-0.39, 0.29) is 22.8 Å². The third-order valence-corrected chi connectivity index (χ3v) is 5.59. The quantitative estimate of drug-likeness (QED) is 0.300. The number of hydrogen-bond acceptors (Lipinski definition) is 6. The number of ether oxygens (including phenoxy) is 1. The molecule has 0 unspecified atom stereocenters. The molecular formula is C23H19FN4O2S. The van der Waals surface area contributed by atoms with E-state index < -0.39 is 5.82 Å². The van der Waals surface area contributed by atoms with Crippen LogP contribution in [0.1, 0.15) is 15.9 Å². The molecule has 0 amide bonds. The molecule has 4 rings (SSSR count). The van der Waals surface area contributed by atoms with Crippen molar-refractivity contribution in [3.8, 4) is 17.1 Å². The van der Waals surface area contributed by atoms with Gasteiger partial charge >= 0.3 is 0 Å². The lowest BCUT2D eigenvalue weighted by molar-refractivity contribution is 0.102. The fourth-order valence-electron chi connectivity index (χ4n) is 3.07. The highest BCUT2D eigenvalue weighted by atomic mass is 32.2. The molecule has 0 fully saturated rings. The van der Waals surface area contributed by atoms with Gasteiger partial charge in [0, 0.05) is 23.5 Å². The van der Waals surface area contributed by atoms with Gasteiger partial charge in [0.1, 0.15) is 0 Å². The summed E-state index contributed by atoms with van der Waals surface area (Å²) in [4.78, 5) is 16.8.